The molecule has 0 aliphatic heterocycles. The van der Waals surface area contributed by atoms with Crippen LogP contribution >= 0.6 is 11.6 Å². The Labute approximate surface area is 126 Å². The third-order valence-corrected chi connectivity index (χ3v) is 4.51. The molecule has 5 heteroatoms. The molecule has 0 unspecified atom stereocenters. The lowest BCUT2D eigenvalue weighted by molar-refractivity contribution is 0.238. The zero-order valence-corrected chi connectivity index (χ0v) is 13.0. The van der Waals surface area contributed by atoms with Crippen LogP contribution in [-0.2, 0) is 0 Å². The molecule has 1 aliphatic rings. The average Bonchev–Trinajstić information content (AvgIpc) is 2.52. The van der Waals surface area contributed by atoms with Crippen LogP contribution in [0.25, 0.3) is 0 Å². The van der Waals surface area contributed by atoms with Crippen molar-refractivity contribution < 1.29 is 4.74 Å². The summed E-state index contributed by atoms with van der Waals surface area (Å²) in [6, 6.07) is 1.86. The van der Waals surface area contributed by atoms with Crippen molar-refractivity contribution in [3.8, 4) is 5.88 Å². The van der Waals surface area contributed by atoms with E-state index in [1.807, 2.05) is 6.07 Å². The van der Waals surface area contributed by atoms with Gasteiger partial charge in [0.2, 0.25) is 5.88 Å². The predicted molar refractivity (Wildman–Crippen MR) is 82.5 cm³/mol. The van der Waals surface area contributed by atoms with Crippen molar-refractivity contribution in [3.05, 3.63) is 12.4 Å². The van der Waals surface area contributed by atoms with Crippen molar-refractivity contribution in [2.24, 2.45) is 5.41 Å². The number of anilines is 1. The van der Waals surface area contributed by atoms with Gasteiger partial charge < -0.3 is 10.1 Å². The minimum atomic E-state index is 0.217. The molecular weight excluding hydrogens is 274 g/mol. The van der Waals surface area contributed by atoms with Gasteiger partial charge in [0.1, 0.15) is 12.1 Å². The standard InChI is InChI=1S/C15H24ClN3O/c1-2-8-20-14-9-13(18-12-19-14)17-11-15(10-16)6-4-3-5-7-15/h9,12H,2-8,10-11H2,1H3,(H,17,18,19). The summed E-state index contributed by atoms with van der Waals surface area (Å²) in [6.07, 6.45) is 8.82. The minimum Gasteiger partial charge on any atom is -0.478 e. The maximum absolute atomic E-state index is 6.21. The van der Waals surface area contributed by atoms with Gasteiger partial charge in [0.25, 0.3) is 0 Å². The summed E-state index contributed by atoms with van der Waals surface area (Å²) in [7, 11) is 0. The van der Waals surface area contributed by atoms with E-state index < -0.39 is 0 Å². The van der Waals surface area contributed by atoms with Gasteiger partial charge in [-0.2, -0.15) is 0 Å². The lowest BCUT2D eigenvalue weighted by Crippen LogP contribution is -2.34. The van der Waals surface area contributed by atoms with E-state index in [1.165, 1.54) is 32.1 Å². The summed E-state index contributed by atoms with van der Waals surface area (Å²) in [4.78, 5) is 8.36. The Balaban J connectivity index is 1.92. The molecule has 112 valence electrons. The first-order chi connectivity index (χ1) is 9.78. The largest absolute Gasteiger partial charge is 0.478 e. The summed E-state index contributed by atoms with van der Waals surface area (Å²) < 4.78 is 5.52. The Morgan fingerprint density at radius 1 is 1.30 bits per heavy atom. The third kappa shape index (κ3) is 4.23. The number of alkyl halides is 1. The van der Waals surface area contributed by atoms with Crippen molar-refractivity contribution in [3.63, 3.8) is 0 Å². The smallest absolute Gasteiger partial charge is 0.218 e. The third-order valence-electron chi connectivity index (χ3n) is 3.94. The molecule has 0 spiro atoms. The summed E-state index contributed by atoms with van der Waals surface area (Å²) in [5.41, 5.74) is 0.217. The first-order valence-electron chi connectivity index (χ1n) is 7.53. The highest BCUT2D eigenvalue weighted by Gasteiger charge is 2.31. The number of ether oxygens (including phenoxy) is 1. The molecular formula is C15H24ClN3O. The number of nitrogens with one attached hydrogen (secondary N) is 1. The van der Waals surface area contributed by atoms with E-state index in [9.17, 15) is 0 Å². The second-order valence-electron chi connectivity index (χ2n) is 5.64. The number of hydrogen-bond donors (Lipinski definition) is 1. The quantitative estimate of drug-likeness (QED) is 0.776. The van der Waals surface area contributed by atoms with Crippen LogP contribution in [0.5, 0.6) is 5.88 Å². The van der Waals surface area contributed by atoms with Crippen molar-refractivity contribution in [1.29, 1.82) is 0 Å². The van der Waals surface area contributed by atoms with Crippen LogP contribution < -0.4 is 10.1 Å². The van der Waals surface area contributed by atoms with Crippen LogP contribution in [0.2, 0.25) is 0 Å². The molecule has 1 aromatic rings. The normalized spacial score (nSPS) is 17.7. The fourth-order valence-electron chi connectivity index (χ4n) is 2.66. The first-order valence-corrected chi connectivity index (χ1v) is 8.06. The van der Waals surface area contributed by atoms with E-state index in [4.69, 9.17) is 16.3 Å². The Morgan fingerprint density at radius 2 is 2.10 bits per heavy atom. The van der Waals surface area contributed by atoms with Crippen molar-refractivity contribution in [1.82, 2.24) is 9.97 Å². The maximum atomic E-state index is 6.21. The van der Waals surface area contributed by atoms with E-state index in [2.05, 4.69) is 22.2 Å². The van der Waals surface area contributed by atoms with E-state index in [0.717, 1.165) is 18.8 Å². The van der Waals surface area contributed by atoms with Crippen LogP contribution in [0, 0.1) is 5.41 Å². The van der Waals surface area contributed by atoms with Gasteiger partial charge in [0, 0.05) is 23.9 Å². The van der Waals surface area contributed by atoms with Crippen molar-refractivity contribution in [2.45, 2.75) is 45.4 Å². The second-order valence-corrected chi connectivity index (χ2v) is 5.91. The molecule has 20 heavy (non-hydrogen) atoms. The molecule has 0 bridgehead atoms. The molecule has 1 N–H and O–H groups in total. The lowest BCUT2D eigenvalue weighted by atomic mass is 9.75. The Kier molecular flexibility index (Phi) is 5.89. The number of hydrogen-bond acceptors (Lipinski definition) is 4. The molecule has 0 saturated heterocycles. The van der Waals surface area contributed by atoms with Gasteiger partial charge in [-0.1, -0.05) is 26.2 Å². The highest BCUT2D eigenvalue weighted by Crippen LogP contribution is 2.37. The van der Waals surface area contributed by atoms with Gasteiger partial charge in [-0.25, -0.2) is 9.97 Å². The molecule has 0 amide bonds. The lowest BCUT2D eigenvalue weighted by Gasteiger charge is -2.35. The highest BCUT2D eigenvalue weighted by molar-refractivity contribution is 6.18. The zero-order chi connectivity index (χ0) is 14.3. The second kappa shape index (κ2) is 7.67. The van der Waals surface area contributed by atoms with E-state index in [-0.39, 0.29) is 5.41 Å². The van der Waals surface area contributed by atoms with Crippen LogP contribution in [0.4, 0.5) is 5.82 Å². The van der Waals surface area contributed by atoms with Crippen LogP contribution in [0.15, 0.2) is 12.4 Å². The number of rotatable bonds is 7. The van der Waals surface area contributed by atoms with Crippen LogP contribution in [0.3, 0.4) is 0 Å². The van der Waals surface area contributed by atoms with Gasteiger partial charge in [-0.3, -0.25) is 0 Å². The zero-order valence-electron chi connectivity index (χ0n) is 12.2. The predicted octanol–water partition coefficient (Wildman–Crippen LogP) is 3.87. The van der Waals surface area contributed by atoms with Gasteiger partial charge in [0.05, 0.1) is 6.61 Å². The summed E-state index contributed by atoms with van der Waals surface area (Å²) >= 11 is 6.21. The van der Waals surface area contributed by atoms with Crippen LogP contribution in [0.1, 0.15) is 45.4 Å². The molecule has 1 aliphatic carbocycles. The van der Waals surface area contributed by atoms with Crippen LogP contribution in [-0.4, -0.2) is 29.0 Å². The maximum Gasteiger partial charge on any atom is 0.218 e. The number of nitrogens with zero attached hydrogens (tertiary/aromatic N) is 2. The number of halogens is 1. The fourth-order valence-corrected chi connectivity index (χ4v) is 3.02. The molecule has 0 radical (unpaired) electrons. The first kappa shape index (κ1) is 15.4. The van der Waals surface area contributed by atoms with Crippen molar-refractivity contribution >= 4 is 17.4 Å². The molecule has 1 aromatic heterocycles. The van der Waals surface area contributed by atoms with Gasteiger partial charge in [0.15, 0.2) is 0 Å². The Bertz CT molecular complexity index is 408. The van der Waals surface area contributed by atoms with Gasteiger partial charge in [-0.05, 0) is 19.3 Å². The molecule has 0 aromatic carbocycles. The fraction of sp³-hybridized carbons (Fsp3) is 0.733. The molecule has 1 heterocycles. The van der Waals surface area contributed by atoms with E-state index in [0.29, 0.717) is 18.4 Å². The summed E-state index contributed by atoms with van der Waals surface area (Å²) in [6.45, 7) is 3.64. The molecule has 2 rings (SSSR count). The molecule has 4 nitrogen and oxygen atoms in total. The SMILES string of the molecule is CCCOc1cc(NCC2(CCl)CCCCC2)ncn1. The molecule has 0 atom stereocenters. The monoisotopic (exact) mass is 297 g/mol. The van der Waals surface area contributed by atoms with E-state index >= 15 is 0 Å². The molecule has 1 saturated carbocycles. The van der Waals surface area contributed by atoms with Crippen molar-refractivity contribution in [2.75, 3.05) is 24.3 Å². The van der Waals surface area contributed by atoms with Gasteiger partial charge >= 0.3 is 0 Å². The Morgan fingerprint density at radius 3 is 2.80 bits per heavy atom. The Hall–Kier alpha value is -1.03. The molecule has 1 fully saturated rings. The number of aromatic nitrogens is 2. The topological polar surface area (TPSA) is 47.0 Å². The average molecular weight is 298 g/mol. The van der Waals surface area contributed by atoms with Gasteiger partial charge in [-0.15, -0.1) is 11.6 Å². The minimum absolute atomic E-state index is 0.217. The summed E-state index contributed by atoms with van der Waals surface area (Å²) in [5.74, 6) is 2.17. The highest BCUT2D eigenvalue weighted by atomic mass is 35.5. The van der Waals surface area contributed by atoms with E-state index in [1.54, 1.807) is 6.33 Å². The summed E-state index contributed by atoms with van der Waals surface area (Å²) in [5, 5.41) is 3.41.